The third-order valence-corrected chi connectivity index (χ3v) is 15.6. The molecule has 1 rings (SSSR count). The Morgan fingerprint density at radius 1 is 0.471 bits per heavy atom. The first-order valence-electron chi connectivity index (χ1n) is 29.6. The highest BCUT2D eigenvalue weighted by Gasteiger charge is 2.51. The van der Waals surface area contributed by atoms with Crippen molar-refractivity contribution >= 4 is 13.7 Å². The van der Waals surface area contributed by atoms with E-state index in [9.17, 15) is 44.9 Å². The molecule has 0 aromatic carbocycles. The zero-order chi connectivity index (χ0) is 51.3. The van der Waals surface area contributed by atoms with E-state index in [4.69, 9.17) is 9.05 Å². The van der Waals surface area contributed by atoms with Gasteiger partial charge >= 0.3 is 7.82 Å². The summed E-state index contributed by atoms with van der Waals surface area (Å²) in [6, 6.07) is -1.11. The first-order valence-corrected chi connectivity index (χ1v) is 31.1. The largest absolute Gasteiger partial charge is 0.472 e. The topological polar surface area (TPSA) is 206 Å². The van der Waals surface area contributed by atoms with Crippen molar-refractivity contribution in [2.45, 2.75) is 339 Å². The monoisotopic (exact) mass is 1020 g/mol. The van der Waals surface area contributed by atoms with Crippen molar-refractivity contribution < 1.29 is 53.9 Å². The maximum absolute atomic E-state index is 13.0. The van der Waals surface area contributed by atoms with Gasteiger partial charge in [-0.25, -0.2) is 4.57 Å². The van der Waals surface area contributed by atoms with Crippen molar-refractivity contribution in [1.29, 1.82) is 0 Å². The number of phosphoric acid groups is 1. The van der Waals surface area contributed by atoms with E-state index in [1.807, 2.05) is 6.08 Å². The summed E-state index contributed by atoms with van der Waals surface area (Å²) in [5.74, 6) is -0.337. The lowest BCUT2D eigenvalue weighted by molar-refractivity contribution is -0.220. The lowest BCUT2D eigenvalue weighted by Crippen LogP contribution is -2.64. The molecule has 9 atom stereocenters. The van der Waals surface area contributed by atoms with Gasteiger partial charge in [-0.2, -0.15) is 0 Å². The van der Waals surface area contributed by atoms with Crippen LogP contribution in [0.25, 0.3) is 0 Å². The molecule has 0 aromatic heterocycles. The number of carbonyl (C=O) groups excluding carboxylic acids is 1. The second-order valence-corrected chi connectivity index (χ2v) is 22.6. The molecule has 1 aliphatic carbocycles. The predicted molar refractivity (Wildman–Crippen MR) is 288 cm³/mol. The molecule has 0 aromatic rings. The van der Waals surface area contributed by atoms with E-state index in [-0.39, 0.29) is 12.3 Å². The van der Waals surface area contributed by atoms with Crippen LogP contribution in [0.3, 0.4) is 0 Å². The number of carbonyl (C=O) groups is 1. The van der Waals surface area contributed by atoms with Gasteiger partial charge in [-0.3, -0.25) is 13.8 Å². The number of amides is 1. The number of allylic oxidation sites excluding steroid dienone is 1. The van der Waals surface area contributed by atoms with Crippen LogP contribution in [-0.4, -0.2) is 96.8 Å². The molecule has 0 bridgehead atoms. The Morgan fingerprint density at radius 2 is 0.757 bits per heavy atom. The Kier molecular flexibility index (Phi) is 44.7. The molecule has 0 spiro atoms. The molecule has 0 radical (unpaired) electrons. The molecule has 1 saturated carbocycles. The van der Waals surface area contributed by atoms with Crippen LogP contribution in [0, 0.1) is 0 Å². The number of hydrogen-bond acceptors (Lipinski definition) is 10. The van der Waals surface area contributed by atoms with Crippen LogP contribution in [0.4, 0.5) is 0 Å². The maximum Gasteiger partial charge on any atom is 0.472 e. The third kappa shape index (κ3) is 36.9. The molecule has 13 heteroatoms. The number of unbranched alkanes of at least 4 members (excludes halogenated alkanes) is 40. The van der Waals surface area contributed by atoms with Gasteiger partial charge in [0.2, 0.25) is 5.91 Å². The molecule has 1 aliphatic rings. The molecule has 0 saturated heterocycles. The Hall–Kier alpha value is -0.920. The number of phosphoric ester groups is 1. The maximum atomic E-state index is 13.0. The van der Waals surface area contributed by atoms with Crippen LogP contribution in [0.15, 0.2) is 12.2 Å². The smallest absolute Gasteiger partial charge is 0.387 e. The lowest BCUT2D eigenvalue weighted by Gasteiger charge is -2.41. The third-order valence-electron chi connectivity index (χ3n) is 14.6. The second-order valence-electron chi connectivity index (χ2n) is 21.2. The van der Waals surface area contributed by atoms with Gasteiger partial charge in [-0.1, -0.05) is 276 Å². The summed E-state index contributed by atoms with van der Waals surface area (Å²) in [6.45, 7) is 3.83. The molecule has 1 fully saturated rings. The fraction of sp³-hybridized carbons (Fsp3) is 0.947. The highest BCUT2D eigenvalue weighted by Crippen LogP contribution is 2.47. The Bertz CT molecular complexity index is 1230. The van der Waals surface area contributed by atoms with Gasteiger partial charge in [0.15, 0.2) is 0 Å². The van der Waals surface area contributed by atoms with Crippen LogP contribution in [0.1, 0.15) is 290 Å². The van der Waals surface area contributed by atoms with Crippen molar-refractivity contribution in [3.8, 4) is 0 Å². The predicted octanol–water partition coefficient (Wildman–Crippen LogP) is 13.5. The van der Waals surface area contributed by atoms with Crippen molar-refractivity contribution in [1.82, 2.24) is 5.32 Å². The number of hydrogen-bond donors (Lipinski definition) is 8. The number of aliphatic hydroxyl groups is 6. The zero-order valence-electron chi connectivity index (χ0n) is 45.1. The fourth-order valence-corrected chi connectivity index (χ4v) is 10.8. The molecule has 12 nitrogen and oxygen atoms in total. The van der Waals surface area contributed by atoms with Crippen LogP contribution in [0.5, 0.6) is 0 Å². The van der Waals surface area contributed by atoms with E-state index < -0.39 is 63.2 Å². The molecule has 416 valence electrons. The average molecular weight is 1020 g/mol. The summed E-state index contributed by atoms with van der Waals surface area (Å²) in [6.07, 6.45) is 45.0. The summed E-state index contributed by atoms with van der Waals surface area (Å²) in [5.41, 5.74) is 0. The highest BCUT2D eigenvalue weighted by molar-refractivity contribution is 7.47. The number of nitrogens with one attached hydrogen (secondary N) is 1. The highest BCUT2D eigenvalue weighted by atomic mass is 31.2. The van der Waals surface area contributed by atoms with Crippen LogP contribution in [0.2, 0.25) is 0 Å². The Labute approximate surface area is 429 Å². The molecule has 0 heterocycles. The number of rotatable bonds is 51. The second kappa shape index (κ2) is 46.6. The average Bonchev–Trinajstić information content (AvgIpc) is 3.34. The zero-order valence-corrected chi connectivity index (χ0v) is 46.0. The van der Waals surface area contributed by atoms with E-state index in [1.54, 1.807) is 0 Å². The minimum absolute atomic E-state index is 0.219. The van der Waals surface area contributed by atoms with Gasteiger partial charge in [-0.15, -0.1) is 0 Å². The number of aliphatic hydroxyl groups excluding tert-OH is 6. The SMILES string of the molecule is CCCCCCCCC/C=C/[C@@H](O)[C@H](COP(=O)(O)OC1C(O)C(O)C(O)[C@@H](O)C1O)NC(=O)CCCCCCCCCCCCCCCCCCCCCCCCCCCCCCCCCCCC. The molecular weight excluding hydrogens is 906 g/mol. The Morgan fingerprint density at radius 3 is 1.09 bits per heavy atom. The Balaban J connectivity index is 2.12. The lowest BCUT2D eigenvalue weighted by atomic mass is 9.85. The molecule has 70 heavy (non-hydrogen) atoms. The van der Waals surface area contributed by atoms with Crippen LogP contribution >= 0.6 is 7.82 Å². The molecule has 6 unspecified atom stereocenters. The summed E-state index contributed by atoms with van der Waals surface area (Å²) in [7, 11) is -5.07. The van der Waals surface area contributed by atoms with Crippen molar-refractivity contribution in [3.63, 3.8) is 0 Å². The van der Waals surface area contributed by atoms with Crippen molar-refractivity contribution in [2.24, 2.45) is 0 Å². The van der Waals surface area contributed by atoms with Gasteiger partial charge in [0.1, 0.15) is 36.6 Å². The van der Waals surface area contributed by atoms with Gasteiger partial charge in [0.05, 0.1) is 18.8 Å². The van der Waals surface area contributed by atoms with E-state index in [1.165, 1.54) is 224 Å². The van der Waals surface area contributed by atoms with Gasteiger partial charge in [0.25, 0.3) is 0 Å². The summed E-state index contributed by atoms with van der Waals surface area (Å²) < 4.78 is 22.9. The van der Waals surface area contributed by atoms with Crippen molar-refractivity contribution in [2.75, 3.05) is 6.61 Å². The van der Waals surface area contributed by atoms with Crippen molar-refractivity contribution in [3.05, 3.63) is 12.2 Å². The fourth-order valence-electron chi connectivity index (χ4n) is 9.79. The van der Waals surface area contributed by atoms with Gasteiger partial charge in [-0.05, 0) is 19.3 Å². The van der Waals surface area contributed by atoms with E-state index in [0.29, 0.717) is 6.42 Å². The quantitative estimate of drug-likeness (QED) is 0.0163. The summed E-state index contributed by atoms with van der Waals surface area (Å²) in [4.78, 5) is 23.4. The molecule has 0 aliphatic heterocycles. The summed E-state index contributed by atoms with van der Waals surface area (Å²) >= 11 is 0. The van der Waals surface area contributed by atoms with E-state index >= 15 is 0 Å². The standard InChI is InChI=1S/C57H112NO11P/c1-3-5-7-9-11-13-14-15-16-17-18-19-20-21-22-23-24-25-26-27-28-29-30-31-32-33-34-35-36-37-39-41-43-45-47-51(60)58-49(50(59)46-44-42-40-38-12-10-8-6-4-2)48-68-70(66,67)69-57-55(64)53(62)52(61)54(63)56(57)65/h44,46,49-50,52-57,59,61-65H,3-43,45,47-48H2,1-2H3,(H,58,60)(H,66,67)/b46-44+/t49-,50+,52?,53+,54?,55?,56?,57?/m0/s1. The van der Waals surface area contributed by atoms with Crippen LogP contribution < -0.4 is 5.32 Å². The van der Waals surface area contributed by atoms with E-state index in [2.05, 4.69) is 19.2 Å². The summed E-state index contributed by atoms with van der Waals surface area (Å²) in [5, 5.41) is 64.0. The van der Waals surface area contributed by atoms with E-state index in [0.717, 1.165) is 44.9 Å². The van der Waals surface area contributed by atoms with Crippen LogP contribution in [-0.2, 0) is 18.4 Å². The molecular formula is C57H112NO11P. The molecule has 8 N–H and O–H groups in total. The first-order chi connectivity index (χ1) is 33.9. The molecule has 1 amide bonds. The van der Waals surface area contributed by atoms with Gasteiger partial charge < -0.3 is 40.8 Å². The minimum atomic E-state index is -5.07. The minimum Gasteiger partial charge on any atom is -0.387 e. The van der Waals surface area contributed by atoms with Gasteiger partial charge in [0, 0.05) is 6.42 Å². The normalized spacial score (nSPS) is 21.3. The first kappa shape index (κ1) is 67.1.